The fourth-order valence-corrected chi connectivity index (χ4v) is 2.87. The summed E-state index contributed by atoms with van der Waals surface area (Å²) < 4.78 is 5.68. The lowest BCUT2D eigenvalue weighted by molar-refractivity contribution is -0.383. The predicted molar refractivity (Wildman–Crippen MR) is 77.7 cm³/mol. The van der Waals surface area contributed by atoms with Crippen LogP contribution in [0.4, 0.5) is 17.3 Å². The quantitative estimate of drug-likeness (QED) is 0.611. The molecule has 2 fully saturated rings. The molecule has 2 saturated heterocycles. The molecule has 2 unspecified atom stereocenters. The van der Waals surface area contributed by atoms with Crippen molar-refractivity contribution >= 4 is 17.3 Å². The van der Waals surface area contributed by atoms with Crippen molar-refractivity contribution in [1.29, 1.82) is 0 Å². The van der Waals surface area contributed by atoms with Crippen molar-refractivity contribution in [2.45, 2.75) is 32.5 Å². The first-order chi connectivity index (χ1) is 10.1. The van der Waals surface area contributed by atoms with Crippen LogP contribution in [0.2, 0.25) is 0 Å². The summed E-state index contributed by atoms with van der Waals surface area (Å²) in [5.41, 5.74) is 0.0125. The molecule has 3 heterocycles. The summed E-state index contributed by atoms with van der Waals surface area (Å²) in [4.78, 5) is 23.3. The summed E-state index contributed by atoms with van der Waals surface area (Å²) in [7, 11) is 0. The molecule has 0 aromatic carbocycles. The zero-order valence-corrected chi connectivity index (χ0v) is 12.2. The van der Waals surface area contributed by atoms with Crippen molar-refractivity contribution in [3.05, 3.63) is 16.4 Å². The van der Waals surface area contributed by atoms with Gasteiger partial charge in [0.2, 0.25) is 11.6 Å². The molecule has 0 N–H and O–H groups in total. The molecule has 1 aromatic rings. The third-order valence-electron chi connectivity index (χ3n) is 3.84. The van der Waals surface area contributed by atoms with E-state index in [2.05, 4.69) is 9.97 Å². The molecule has 21 heavy (non-hydrogen) atoms. The number of nitrogens with zero attached hydrogens (tertiary/aromatic N) is 5. The van der Waals surface area contributed by atoms with Crippen molar-refractivity contribution < 1.29 is 9.66 Å². The number of hydrogen-bond donors (Lipinski definition) is 0. The third kappa shape index (κ3) is 2.63. The van der Waals surface area contributed by atoms with E-state index in [9.17, 15) is 10.1 Å². The summed E-state index contributed by atoms with van der Waals surface area (Å²) in [6.45, 7) is 6.75. The zero-order chi connectivity index (χ0) is 15.0. The average molecular weight is 293 g/mol. The molecule has 1 aromatic heterocycles. The van der Waals surface area contributed by atoms with Crippen LogP contribution in [0.15, 0.2) is 6.33 Å². The highest BCUT2D eigenvalue weighted by molar-refractivity contribution is 5.72. The van der Waals surface area contributed by atoms with Crippen LogP contribution in [-0.4, -0.2) is 53.3 Å². The first-order valence-electron chi connectivity index (χ1n) is 7.21. The van der Waals surface area contributed by atoms with Crippen molar-refractivity contribution in [3.63, 3.8) is 0 Å². The minimum Gasteiger partial charge on any atom is -0.372 e. The zero-order valence-electron chi connectivity index (χ0n) is 12.2. The largest absolute Gasteiger partial charge is 0.372 e. The van der Waals surface area contributed by atoms with Gasteiger partial charge < -0.3 is 14.5 Å². The Kier molecular flexibility index (Phi) is 3.62. The first-order valence-corrected chi connectivity index (χ1v) is 7.21. The lowest BCUT2D eigenvalue weighted by Gasteiger charge is -2.36. The summed E-state index contributed by atoms with van der Waals surface area (Å²) in [5, 5.41) is 11.5. The van der Waals surface area contributed by atoms with E-state index in [1.54, 1.807) is 0 Å². The maximum atomic E-state index is 11.5. The van der Waals surface area contributed by atoms with E-state index >= 15 is 0 Å². The van der Waals surface area contributed by atoms with E-state index in [0.717, 1.165) is 19.5 Å². The van der Waals surface area contributed by atoms with Crippen LogP contribution in [0, 0.1) is 10.1 Å². The van der Waals surface area contributed by atoms with Crippen molar-refractivity contribution in [3.8, 4) is 0 Å². The van der Waals surface area contributed by atoms with Gasteiger partial charge >= 0.3 is 5.69 Å². The Hall–Kier alpha value is -1.96. The fourth-order valence-electron chi connectivity index (χ4n) is 2.87. The third-order valence-corrected chi connectivity index (χ3v) is 3.84. The van der Waals surface area contributed by atoms with Crippen molar-refractivity contribution in [2.75, 3.05) is 36.0 Å². The molecular weight excluding hydrogens is 274 g/mol. The lowest BCUT2D eigenvalue weighted by Crippen LogP contribution is -2.46. The molecule has 8 heteroatoms. The van der Waals surface area contributed by atoms with Crippen LogP contribution in [0.3, 0.4) is 0 Å². The molecule has 0 saturated carbocycles. The smallest absolute Gasteiger partial charge is 0.353 e. The number of morpholine rings is 1. The molecule has 114 valence electrons. The summed E-state index contributed by atoms with van der Waals surface area (Å²) in [6, 6.07) is 0. The Morgan fingerprint density at radius 2 is 1.76 bits per heavy atom. The maximum absolute atomic E-state index is 11.5. The fraction of sp³-hybridized carbons (Fsp3) is 0.692. The number of aromatic nitrogens is 2. The minimum atomic E-state index is -0.367. The number of anilines is 2. The van der Waals surface area contributed by atoms with Crippen LogP contribution < -0.4 is 9.80 Å². The van der Waals surface area contributed by atoms with Crippen molar-refractivity contribution in [1.82, 2.24) is 9.97 Å². The molecule has 0 bridgehead atoms. The normalized spacial score (nSPS) is 25.6. The molecule has 3 rings (SSSR count). The van der Waals surface area contributed by atoms with Crippen LogP contribution in [0.1, 0.15) is 20.3 Å². The van der Waals surface area contributed by atoms with E-state index in [1.807, 2.05) is 23.6 Å². The highest BCUT2D eigenvalue weighted by Crippen LogP contribution is 2.36. The standard InChI is InChI=1S/C13H19N5O3/c1-9-6-17(7-10(2)21-9)13-11(18(19)20)12(14-8-15-13)16-4-3-5-16/h8-10H,3-7H2,1-2H3. The highest BCUT2D eigenvalue weighted by Gasteiger charge is 2.34. The Balaban J connectivity index is 1.99. The number of rotatable bonds is 3. The number of nitro groups is 1. The molecule has 0 radical (unpaired) electrons. The monoisotopic (exact) mass is 293 g/mol. The van der Waals surface area contributed by atoms with Gasteiger partial charge in [-0.15, -0.1) is 0 Å². The van der Waals surface area contributed by atoms with Gasteiger partial charge in [0.15, 0.2) is 0 Å². The van der Waals surface area contributed by atoms with E-state index in [0.29, 0.717) is 24.7 Å². The predicted octanol–water partition coefficient (Wildman–Crippen LogP) is 1.21. The second-order valence-corrected chi connectivity index (χ2v) is 5.63. The lowest BCUT2D eigenvalue weighted by atomic mass is 10.2. The topological polar surface area (TPSA) is 84.6 Å². The maximum Gasteiger partial charge on any atom is 0.353 e. The van der Waals surface area contributed by atoms with Crippen LogP contribution in [-0.2, 0) is 4.74 Å². The molecule has 0 aliphatic carbocycles. The minimum absolute atomic E-state index is 0.0125. The Morgan fingerprint density at radius 3 is 2.24 bits per heavy atom. The number of ether oxygens (including phenoxy) is 1. The molecule has 2 aliphatic rings. The summed E-state index contributed by atoms with van der Waals surface area (Å²) in [6.07, 6.45) is 2.51. The Bertz CT molecular complexity index is 539. The second-order valence-electron chi connectivity index (χ2n) is 5.63. The first kappa shape index (κ1) is 14.0. The number of hydrogen-bond acceptors (Lipinski definition) is 7. The van der Waals surface area contributed by atoms with Crippen molar-refractivity contribution in [2.24, 2.45) is 0 Å². The van der Waals surface area contributed by atoms with Gasteiger partial charge in [-0.2, -0.15) is 0 Å². The summed E-state index contributed by atoms with van der Waals surface area (Å²) in [5.74, 6) is 0.835. The van der Waals surface area contributed by atoms with Gasteiger partial charge in [0.05, 0.1) is 17.1 Å². The van der Waals surface area contributed by atoms with E-state index in [4.69, 9.17) is 4.74 Å². The Labute approximate surface area is 122 Å². The molecule has 0 spiro atoms. The second kappa shape index (κ2) is 5.44. The van der Waals surface area contributed by atoms with E-state index in [1.165, 1.54) is 6.33 Å². The van der Waals surface area contributed by atoms with Gasteiger partial charge in [0.1, 0.15) is 6.33 Å². The molecule has 2 atom stereocenters. The van der Waals surface area contributed by atoms with E-state index < -0.39 is 0 Å². The van der Waals surface area contributed by atoms with Crippen LogP contribution in [0.5, 0.6) is 0 Å². The van der Waals surface area contributed by atoms with Crippen LogP contribution in [0.25, 0.3) is 0 Å². The Morgan fingerprint density at radius 1 is 1.19 bits per heavy atom. The molecule has 8 nitrogen and oxygen atoms in total. The van der Waals surface area contributed by atoms with Crippen LogP contribution >= 0.6 is 0 Å². The van der Waals surface area contributed by atoms with Gasteiger partial charge in [-0.1, -0.05) is 0 Å². The molecule has 2 aliphatic heterocycles. The van der Waals surface area contributed by atoms with Gasteiger partial charge in [0, 0.05) is 26.2 Å². The van der Waals surface area contributed by atoms with Gasteiger partial charge in [-0.05, 0) is 20.3 Å². The SMILES string of the molecule is CC1CN(c2ncnc(N3CCC3)c2[N+](=O)[O-])CC(C)O1. The molecule has 0 amide bonds. The molecular formula is C13H19N5O3. The van der Waals surface area contributed by atoms with Gasteiger partial charge in [0.25, 0.3) is 0 Å². The highest BCUT2D eigenvalue weighted by atomic mass is 16.6. The summed E-state index contributed by atoms with van der Waals surface area (Å²) >= 11 is 0. The van der Waals surface area contributed by atoms with E-state index in [-0.39, 0.29) is 22.8 Å². The van der Waals surface area contributed by atoms with Gasteiger partial charge in [-0.3, -0.25) is 10.1 Å². The van der Waals surface area contributed by atoms with Gasteiger partial charge in [-0.25, -0.2) is 9.97 Å². The average Bonchev–Trinajstić information content (AvgIpc) is 2.35.